The topological polar surface area (TPSA) is 35.6 Å². The van der Waals surface area contributed by atoms with Gasteiger partial charge in [0, 0.05) is 50.4 Å². The number of piperazine rings is 1. The van der Waals surface area contributed by atoms with E-state index >= 15 is 0 Å². The van der Waals surface area contributed by atoms with Gasteiger partial charge in [-0.3, -0.25) is 4.79 Å². The second kappa shape index (κ2) is 6.26. The molecule has 0 atom stereocenters. The van der Waals surface area contributed by atoms with Crippen molar-refractivity contribution in [1.82, 2.24) is 10.2 Å². The number of rotatable bonds is 3. The molecule has 1 heterocycles. The standard InChI is InChI=1S/C14H20ClN3O/c1-11(19)17-5-7-18(8-6-17)13-4-3-12(10-16-2)14(15)9-13/h3-4,9,16H,5-8,10H2,1-2H3. The predicted octanol–water partition coefficient (Wildman–Crippen LogP) is 1.73. The maximum absolute atomic E-state index is 11.3. The minimum absolute atomic E-state index is 0.155. The normalized spacial score (nSPS) is 15.7. The molecule has 1 aromatic carbocycles. The van der Waals surface area contributed by atoms with Crippen molar-refractivity contribution in [3.63, 3.8) is 0 Å². The van der Waals surface area contributed by atoms with E-state index in [1.165, 1.54) is 0 Å². The summed E-state index contributed by atoms with van der Waals surface area (Å²) in [5.74, 6) is 0.155. The summed E-state index contributed by atoms with van der Waals surface area (Å²) in [6.45, 7) is 5.69. The fourth-order valence-electron chi connectivity index (χ4n) is 2.35. The highest BCUT2D eigenvalue weighted by Gasteiger charge is 2.19. The smallest absolute Gasteiger partial charge is 0.219 e. The molecule has 1 fully saturated rings. The molecule has 4 nitrogen and oxygen atoms in total. The lowest BCUT2D eigenvalue weighted by Crippen LogP contribution is -2.48. The third-order valence-electron chi connectivity index (χ3n) is 3.49. The van der Waals surface area contributed by atoms with E-state index in [2.05, 4.69) is 22.3 Å². The highest BCUT2D eigenvalue weighted by molar-refractivity contribution is 6.31. The van der Waals surface area contributed by atoms with Crippen LogP contribution >= 0.6 is 11.6 Å². The lowest BCUT2D eigenvalue weighted by molar-refractivity contribution is -0.129. The zero-order valence-electron chi connectivity index (χ0n) is 11.4. The minimum Gasteiger partial charge on any atom is -0.368 e. The third kappa shape index (κ3) is 3.39. The van der Waals surface area contributed by atoms with Gasteiger partial charge in [-0.15, -0.1) is 0 Å². The van der Waals surface area contributed by atoms with Gasteiger partial charge < -0.3 is 15.1 Å². The average Bonchev–Trinajstić information content (AvgIpc) is 2.41. The highest BCUT2D eigenvalue weighted by Crippen LogP contribution is 2.24. The molecule has 1 aliphatic rings. The van der Waals surface area contributed by atoms with E-state index in [1.54, 1.807) is 6.92 Å². The quantitative estimate of drug-likeness (QED) is 0.917. The van der Waals surface area contributed by atoms with Crippen molar-refractivity contribution in [3.8, 4) is 0 Å². The van der Waals surface area contributed by atoms with Gasteiger partial charge in [0.1, 0.15) is 0 Å². The SMILES string of the molecule is CNCc1ccc(N2CCN(C(C)=O)CC2)cc1Cl. The van der Waals surface area contributed by atoms with Crippen LogP contribution in [0.2, 0.25) is 5.02 Å². The van der Waals surface area contributed by atoms with Gasteiger partial charge in [-0.05, 0) is 24.7 Å². The maximum atomic E-state index is 11.3. The zero-order valence-corrected chi connectivity index (χ0v) is 12.2. The third-order valence-corrected chi connectivity index (χ3v) is 3.85. The summed E-state index contributed by atoms with van der Waals surface area (Å²) in [6.07, 6.45) is 0. The number of halogens is 1. The van der Waals surface area contributed by atoms with Gasteiger partial charge in [-0.2, -0.15) is 0 Å². The molecule has 0 aromatic heterocycles. The second-order valence-corrected chi connectivity index (χ2v) is 5.21. The van der Waals surface area contributed by atoms with Crippen LogP contribution in [0.25, 0.3) is 0 Å². The minimum atomic E-state index is 0.155. The molecule has 1 N–H and O–H groups in total. The number of hydrogen-bond donors (Lipinski definition) is 1. The number of hydrogen-bond acceptors (Lipinski definition) is 3. The maximum Gasteiger partial charge on any atom is 0.219 e. The molecule has 19 heavy (non-hydrogen) atoms. The molecule has 0 bridgehead atoms. The Morgan fingerprint density at radius 1 is 1.32 bits per heavy atom. The number of nitrogens with zero attached hydrogens (tertiary/aromatic N) is 2. The molecule has 5 heteroatoms. The number of benzene rings is 1. The van der Waals surface area contributed by atoms with E-state index in [-0.39, 0.29) is 5.91 Å². The molecule has 0 unspecified atom stereocenters. The fourth-order valence-corrected chi connectivity index (χ4v) is 2.59. The number of amides is 1. The molecule has 0 spiro atoms. The lowest BCUT2D eigenvalue weighted by Gasteiger charge is -2.35. The Bertz CT molecular complexity index is 456. The molecule has 1 aromatic rings. The van der Waals surface area contributed by atoms with Gasteiger partial charge in [0.15, 0.2) is 0 Å². The fraction of sp³-hybridized carbons (Fsp3) is 0.500. The summed E-state index contributed by atoms with van der Waals surface area (Å²) in [5.41, 5.74) is 2.24. The van der Waals surface area contributed by atoms with Gasteiger partial charge >= 0.3 is 0 Å². The average molecular weight is 282 g/mol. The number of nitrogens with one attached hydrogen (secondary N) is 1. The highest BCUT2D eigenvalue weighted by atomic mass is 35.5. The number of carbonyl (C=O) groups is 1. The first-order valence-corrected chi connectivity index (χ1v) is 6.93. The van der Waals surface area contributed by atoms with Crippen LogP contribution in [0.15, 0.2) is 18.2 Å². The largest absolute Gasteiger partial charge is 0.368 e. The molecule has 104 valence electrons. The van der Waals surface area contributed by atoms with E-state index in [0.29, 0.717) is 0 Å². The van der Waals surface area contributed by atoms with Crippen molar-refractivity contribution in [1.29, 1.82) is 0 Å². The van der Waals surface area contributed by atoms with E-state index in [1.807, 2.05) is 18.0 Å². The first kappa shape index (κ1) is 14.2. The van der Waals surface area contributed by atoms with Gasteiger partial charge in [0.25, 0.3) is 0 Å². The molecule has 1 saturated heterocycles. The number of anilines is 1. The molecule has 0 saturated carbocycles. The van der Waals surface area contributed by atoms with Crippen molar-refractivity contribution in [2.75, 3.05) is 38.1 Å². The Balaban J connectivity index is 2.03. The Morgan fingerprint density at radius 3 is 2.53 bits per heavy atom. The molecule has 1 amide bonds. The van der Waals surface area contributed by atoms with Crippen LogP contribution < -0.4 is 10.2 Å². The molecular formula is C14H20ClN3O. The molecule has 1 aliphatic heterocycles. The Morgan fingerprint density at radius 2 is 2.00 bits per heavy atom. The predicted molar refractivity (Wildman–Crippen MR) is 78.7 cm³/mol. The van der Waals surface area contributed by atoms with Crippen LogP contribution in [0.4, 0.5) is 5.69 Å². The zero-order chi connectivity index (χ0) is 13.8. The first-order valence-electron chi connectivity index (χ1n) is 6.55. The summed E-state index contributed by atoms with van der Waals surface area (Å²) < 4.78 is 0. The van der Waals surface area contributed by atoms with Crippen LogP contribution in [-0.4, -0.2) is 44.0 Å². The molecular weight excluding hydrogens is 262 g/mol. The van der Waals surface area contributed by atoms with Gasteiger partial charge in [0.05, 0.1) is 0 Å². The summed E-state index contributed by atoms with van der Waals surface area (Å²) in [5, 5.41) is 3.89. The van der Waals surface area contributed by atoms with Crippen molar-refractivity contribution in [3.05, 3.63) is 28.8 Å². The van der Waals surface area contributed by atoms with Crippen molar-refractivity contribution in [2.24, 2.45) is 0 Å². The number of carbonyl (C=O) groups excluding carboxylic acids is 1. The Labute approximate surface area is 119 Å². The molecule has 0 radical (unpaired) electrons. The van der Waals surface area contributed by atoms with Gasteiger partial charge in [-0.1, -0.05) is 17.7 Å². The van der Waals surface area contributed by atoms with E-state index in [9.17, 15) is 4.79 Å². The molecule has 2 rings (SSSR count). The summed E-state index contributed by atoms with van der Waals surface area (Å²) in [4.78, 5) is 15.4. The van der Waals surface area contributed by atoms with Gasteiger partial charge in [-0.25, -0.2) is 0 Å². The first-order chi connectivity index (χ1) is 9.11. The van der Waals surface area contributed by atoms with Crippen molar-refractivity contribution in [2.45, 2.75) is 13.5 Å². The van der Waals surface area contributed by atoms with E-state index in [4.69, 9.17) is 11.6 Å². The van der Waals surface area contributed by atoms with Crippen LogP contribution in [0.3, 0.4) is 0 Å². The monoisotopic (exact) mass is 281 g/mol. The van der Waals surface area contributed by atoms with Crippen molar-refractivity contribution < 1.29 is 4.79 Å². The van der Waals surface area contributed by atoms with Crippen LogP contribution in [0.1, 0.15) is 12.5 Å². The Kier molecular flexibility index (Phi) is 4.66. The summed E-state index contributed by atoms with van der Waals surface area (Å²) in [7, 11) is 1.91. The summed E-state index contributed by atoms with van der Waals surface area (Å²) in [6, 6.07) is 6.17. The van der Waals surface area contributed by atoms with E-state index < -0.39 is 0 Å². The van der Waals surface area contributed by atoms with Gasteiger partial charge in [0.2, 0.25) is 5.91 Å². The van der Waals surface area contributed by atoms with Crippen LogP contribution in [0.5, 0.6) is 0 Å². The lowest BCUT2D eigenvalue weighted by atomic mass is 10.1. The van der Waals surface area contributed by atoms with Crippen LogP contribution in [-0.2, 0) is 11.3 Å². The van der Waals surface area contributed by atoms with E-state index in [0.717, 1.165) is 49.0 Å². The van der Waals surface area contributed by atoms with Crippen LogP contribution in [0, 0.1) is 0 Å². The summed E-state index contributed by atoms with van der Waals surface area (Å²) >= 11 is 6.28. The second-order valence-electron chi connectivity index (χ2n) is 4.80. The Hall–Kier alpha value is -1.26. The molecule has 0 aliphatic carbocycles. The van der Waals surface area contributed by atoms with Crippen molar-refractivity contribution >= 4 is 23.2 Å².